The van der Waals surface area contributed by atoms with Gasteiger partial charge in [0.1, 0.15) is 17.5 Å². The molecule has 0 bridgehead atoms. The molecule has 11 heteroatoms. The van der Waals surface area contributed by atoms with Crippen molar-refractivity contribution in [3.05, 3.63) is 53.6 Å². The molecule has 0 amide bonds. The molecule has 35 heavy (non-hydrogen) atoms. The molecule has 1 atom stereocenters. The molecule has 188 valence electrons. The molecule has 0 unspecified atom stereocenters. The van der Waals surface area contributed by atoms with Crippen LogP contribution in [0.2, 0.25) is 0 Å². The van der Waals surface area contributed by atoms with Crippen LogP contribution in [-0.4, -0.2) is 32.6 Å². The molecule has 0 aromatic heterocycles. The number of carbonyl (C=O) groups excluding carboxylic acids is 1. The van der Waals surface area contributed by atoms with Crippen molar-refractivity contribution in [3.63, 3.8) is 0 Å². The maximum atomic E-state index is 13.5. The van der Waals surface area contributed by atoms with E-state index in [4.69, 9.17) is 14.7 Å². The zero-order valence-corrected chi connectivity index (χ0v) is 20.2. The number of nitriles is 1. The summed E-state index contributed by atoms with van der Waals surface area (Å²) in [5.41, 5.74) is -1.26. The minimum absolute atomic E-state index is 0.0941. The summed E-state index contributed by atoms with van der Waals surface area (Å²) in [4.78, 5) is 11.7. The lowest BCUT2D eigenvalue weighted by molar-refractivity contribution is -0.153. The average Bonchev–Trinajstić information content (AvgIpc) is 2.75. The summed E-state index contributed by atoms with van der Waals surface area (Å²) in [5.74, 6) is -0.337. The number of ether oxygens (including phenoxy) is 2. The van der Waals surface area contributed by atoms with Crippen molar-refractivity contribution in [1.82, 2.24) is 0 Å². The van der Waals surface area contributed by atoms with Crippen LogP contribution < -0.4 is 9.04 Å². The fraction of sp³-hybridized carbons (Fsp3) is 0.417. The van der Waals surface area contributed by atoms with Crippen LogP contribution in [0, 0.1) is 11.3 Å². The number of alkyl halides is 3. The second kappa shape index (κ2) is 9.77. The van der Waals surface area contributed by atoms with Crippen LogP contribution in [0.1, 0.15) is 44.7 Å². The van der Waals surface area contributed by atoms with Gasteiger partial charge in [0.25, 0.3) is 10.0 Å². The van der Waals surface area contributed by atoms with E-state index in [1.807, 2.05) is 6.07 Å². The first-order valence-corrected chi connectivity index (χ1v) is 12.2. The van der Waals surface area contributed by atoms with Gasteiger partial charge < -0.3 is 9.47 Å². The van der Waals surface area contributed by atoms with Gasteiger partial charge in [0.15, 0.2) is 0 Å². The highest BCUT2D eigenvalue weighted by Gasteiger charge is 2.37. The third kappa shape index (κ3) is 6.45. The van der Waals surface area contributed by atoms with Gasteiger partial charge in [0.05, 0.1) is 35.2 Å². The van der Waals surface area contributed by atoms with E-state index in [0.717, 1.165) is 22.5 Å². The SMILES string of the molecule is CC(C)(C)OC(=O)Cc1ccc2c(c1)N(S(=O)(=O)c1cccc(C(F)(F)F)c1)C[C@H](CCC#N)O2. The van der Waals surface area contributed by atoms with Gasteiger partial charge in [-0.1, -0.05) is 12.1 Å². The molecule has 0 radical (unpaired) electrons. The Morgan fingerprint density at radius 2 is 1.91 bits per heavy atom. The Bertz CT molecular complexity index is 1250. The fourth-order valence-corrected chi connectivity index (χ4v) is 5.12. The quantitative estimate of drug-likeness (QED) is 0.516. The van der Waals surface area contributed by atoms with Gasteiger partial charge in [0, 0.05) is 6.42 Å². The smallest absolute Gasteiger partial charge is 0.416 e. The summed E-state index contributed by atoms with van der Waals surface area (Å²) in [6.45, 7) is 4.95. The van der Waals surface area contributed by atoms with Crippen molar-refractivity contribution < 1.29 is 35.9 Å². The van der Waals surface area contributed by atoms with Gasteiger partial charge in [0.2, 0.25) is 0 Å². The molecule has 1 heterocycles. The number of fused-ring (bicyclic) bond motifs is 1. The van der Waals surface area contributed by atoms with Crippen LogP contribution in [0.3, 0.4) is 0 Å². The molecule has 3 rings (SSSR count). The first-order valence-electron chi connectivity index (χ1n) is 10.8. The van der Waals surface area contributed by atoms with Crippen molar-refractivity contribution in [3.8, 4) is 11.8 Å². The minimum Gasteiger partial charge on any atom is -0.486 e. The van der Waals surface area contributed by atoms with Crippen molar-refractivity contribution in [2.45, 2.75) is 62.8 Å². The Morgan fingerprint density at radius 1 is 1.20 bits per heavy atom. The number of halogens is 3. The number of hydrogen-bond donors (Lipinski definition) is 0. The first kappa shape index (κ1) is 26.3. The van der Waals surface area contributed by atoms with Gasteiger partial charge >= 0.3 is 12.1 Å². The highest BCUT2D eigenvalue weighted by Crippen LogP contribution is 2.39. The maximum Gasteiger partial charge on any atom is 0.416 e. The number of sulfonamides is 1. The topological polar surface area (TPSA) is 96.7 Å². The predicted octanol–water partition coefficient (Wildman–Crippen LogP) is 4.85. The number of nitrogens with zero attached hydrogens (tertiary/aromatic N) is 2. The summed E-state index contributed by atoms with van der Waals surface area (Å²) in [7, 11) is -4.44. The lowest BCUT2D eigenvalue weighted by atomic mass is 10.1. The van der Waals surface area contributed by atoms with Crippen LogP contribution in [0.4, 0.5) is 18.9 Å². The van der Waals surface area contributed by atoms with Gasteiger partial charge in [-0.15, -0.1) is 0 Å². The van der Waals surface area contributed by atoms with E-state index in [1.165, 1.54) is 12.1 Å². The second-order valence-electron chi connectivity index (χ2n) is 9.06. The Morgan fingerprint density at radius 3 is 2.54 bits per heavy atom. The highest BCUT2D eigenvalue weighted by atomic mass is 32.2. The van der Waals surface area contributed by atoms with Crippen LogP contribution in [0.15, 0.2) is 47.4 Å². The van der Waals surface area contributed by atoms with Gasteiger partial charge in [-0.25, -0.2) is 8.42 Å². The standard InChI is InChI=1S/C24H25F3N2O5S/c1-23(2,3)34-22(30)13-16-9-10-21-20(12-16)29(15-18(33-21)7-5-11-28)35(31,32)19-8-4-6-17(14-19)24(25,26)27/h4,6,8-10,12,14,18H,5,7,13,15H2,1-3H3/t18-/m0/s1. The number of carbonyl (C=O) groups is 1. The van der Waals surface area contributed by atoms with Crippen LogP contribution in [-0.2, 0) is 32.2 Å². The van der Waals surface area contributed by atoms with E-state index in [-0.39, 0.29) is 37.2 Å². The Balaban J connectivity index is 2.03. The van der Waals surface area contributed by atoms with Crippen LogP contribution >= 0.6 is 0 Å². The summed E-state index contributed by atoms with van der Waals surface area (Å²) < 4.78 is 78.9. The average molecular weight is 511 g/mol. The molecule has 2 aromatic carbocycles. The predicted molar refractivity (Wildman–Crippen MR) is 121 cm³/mol. The van der Waals surface area contributed by atoms with Crippen molar-refractivity contribution >= 4 is 21.7 Å². The Labute approximate surface area is 202 Å². The minimum atomic E-state index is -4.72. The third-order valence-corrected chi connectivity index (χ3v) is 6.83. The molecule has 0 saturated heterocycles. The molecule has 0 spiro atoms. The van der Waals surface area contributed by atoms with Gasteiger partial charge in [-0.05, 0) is 63.1 Å². The molecule has 0 N–H and O–H groups in total. The van der Waals surface area contributed by atoms with E-state index < -0.39 is 44.3 Å². The van der Waals surface area contributed by atoms with E-state index in [2.05, 4.69) is 0 Å². The van der Waals surface area contributed by atoms with Crippen molar-refractivity contribution in [2.24, 2.45) is 0 Å². The highest BCUT2D eigenvalue weighted by molar-refractivity contribution is 7.92. The molecule has 0 fully saturated rings. The number of rotatable bonds is 6. The summed E-state index contributed by atoms with van der Waals surface area (Å²) in [6.07, 6.45) is -5.21. The second-order valence-corrected chi connectivity index (χ2v) is 10.9. The Hall–Kier alpha value is -3.26. The third-order valence-electron chi connectivity index (χ3n) is 5.05. The summed E-state index contributed by atoms with van der Waals surface area (Å²) >= 11 is 0. The normalized spacial score (nSPS) is 16.1. The lowest BCUT2D eigenvalue weighted by Crippen LogP contribution is -2.43. The first-order chi connectivity index (χ1) is 16.2. The molecule has 1 aliphatic rings. The van der Waals surface area contributed by atoms with Gasteiger partial charge in [-0.2, -0.15) is 18.4 Å². The maximum absolute atomic E-state index is 13.5. The molecule has 1 aliphatic heterocycles. The Kier molecular flexibility index (Phi) is 7.36. The molecule has 7 nitrogen and oxygen atoms in total. The summed E-state index contributed by atoms with van der Waals surface area (Å²) in [6, 6.07) is 10.0. The molecule has 0 saturated carbocycles. The lowest BCUT2D eigenvalue weighted by Gasteiger charge is -2.35. The number of anilines is 1. The van der Waals surface area contributed by atoms with Crippen molar-refractivity contribution in [2.75, 3.05) is 10.8 Å². The van der Waals surface area contributed by atoms with E-state index in [9.17, 15) is 26.4 Å². The van der Waals surface area contributed by atoms with Crippen LogP contribution in [0.25, 0.3) is 0 Å². The molecule has 2 aromatic rings. The largest absolute Gasteiger partial charge is 0.486 e. The van der Waals surface area contributed by atoms with Gasteiger partial charge in [-0.3, -0.25) is 9.10 Å². The van der Waals surface area contributed by atoms with E-state index in [0.29, 0.717) is 11.6 Å². The molecular formula is C24H25F3N2O5S. The summed E-state index contributed by atoms with van der Waals surface area (Å²) in [5, 5.41) is 8.92. The van der Waals surface area contributed by atoms with E-state index in [1.54, 1.807) is 26.8 Å². The monoisotopic (exact) mass is 510 g/mol. The molecule has 0 aliphatic carbocycles. The fourth-order valence-electron chi connectivity index (χ4n) is 3.58. The zero-order chi connectivity index (χ0) is 26.0. The van der Waals surface area contributed by atoms with Crippen molar-refractivity contribution in [1.29, 1.82) is 5.26 Å². The number of benzene rings is 2. The zero-order valence-electron chi connectivity index (χ0n) is 19.4. The van der Waals surface area contributed by atoms with Crippen LogP contribution in [0.5, 0.6) is 5.75 Å². The number of hydrogen-bond acceptors (Lipinski definition) is 6. The number of esters is 1. The molecular weight excluding hydrogens is 485 g/mol. The van der Waals surface area contributed by atoms with E-state index >= 15 is 0 Å².